The lowest BCUT2D eigenvalue weighted by Crippen LogP contribution is -2.44. The summed E-state index contributed by atoms with van der Waals surface area (Å²) in [6, 6.07) is 8.05. The molecule has 1 N–H and O–H groups in total. The van der Waals surface area contributed by atoms with E-state index in [0.717, 1.165) is 31.4 Å². The zero-order chi connectivity index (χ0) is 13.7. The van der Waals surface area contributed by atoms with E-state index in [1.807, 2.05) is 37.3 Å². The molecule has 3 heteroatoms. The van der Waals surface area contributed by atoms with Crippen LogP contribution in [0.25, 0.3) is 6.08 Å². The molecule has 1 aliphatic rings. The Balaban J connectivity index is 2.01. The molecule has 1 atom stereocenters. The fraction of sp³-hybridized carbons (Fsp3) is 0.438. The lowest BCUT2D eigenvalue weighted by molar-refractivity contribution is -0.130. The van der Waals surface area contributed by atoms with Crippen LogP contribution in [0.1, 0.15) is 30.4 Å². The number of aryl methyl sites for hydroxylation is 1. The number of aliphatic hydroxyl groups excluding tert-OH is 1. The smallest absolute Gasteiger partial charge is 0.246 e. The van der Waals surface area contributed by atoms with E-state index >= 15 is 0 Å². The first-order chi connectivity index (χ1) is 9.20. The number of nitrogens with zero attached hydrogens (tertiary/aromatic N) is 1. The molecule has 102 valence electrons. The minimum absolute atomic E-state index is 0.000625. The number of aliphatic hydroxyl groups is 1. The molecule has 0 bridgehead atoms. The maximum absolute atomic E-state index is 12.1. The number of hydrogen-bond acceptors (Lipinski definition) is 2. The Morgan fingerprint density at radius 2 is 2.11 bits per heavy atom. The first-order valence-corrected chi connectivity index (χ1v) is 6.87. The van der Waals surface area contributed by atoms with Gasteiger partial charge in [0.15, 0.2) is 0 Å². The van der Waals surface area contributed by atoms with Crippen molar-refractivity contribution < 1.29 is 9.90 Å². The first kappa shape index (κ1) is 13.8. The van der Waals surface area contributed by atoms with Crippen molar-refractivity contribution in [1.29, 1.82) is 0 Å². The van der Waals surface area contributed by atoms with Crippen molar-refractivity contribution >= 4 is 12.0 Å². The molecule has 3 nitrogen and oxygen atoms in total. The number of amides is 1. The predicted molar refractivity (Wildman–Crippen MR) is 76.7 cm³/mol. The van der Waals surface area contributed by atoms with E-state index in [9.17, 15) is 9.90 Å². The summed E-state index contributed by atoms with van der Waals surface area (Å²) in [6.45, 7) is 2.85. The molecular weight excluding hydrogens is 238 g/mol. The molecule has 0 aromatic heterocycles. The van der Waals surface area contributed by atoms with E-state index in [-0.39, 0.29) is 18.6 Å². The molecule has 1 saturated heterocycles. The van der Waals surface area contributed by atoms with Crippen LogP contribution >= 0.6 is 0 Å². The Labute approximate surface area is 114 Å². The summed E-state index contributed by atoms with van der Waals surface area (Å²) >= 11 is 0. The van der Waals surface area contributed by atoms with E-state index in [1.54, 1.807) is 11.0 Å². The Morgan fingerprint density at radius 1 is 1.37 bits per heavy atom. The van der Waals surface area contributed by atoms with Crippen LogP contribution in [0.4, 0.5) is 0 Å². The number of rotatable bonds is 3. The fourth-order valence-corrected chi connectivity index (χ4v) is 2.42. The van der Waals surface area contributed by atoms with Crippen LogP contribution in [0.5, 0.6) is 0 Å². The van der Waals surface area contributed by atoms with Crippen molar-refractivity contribution in [2.24, 2.45) is 0 Å². The largest absolute Gasteiger partial charge is 0.394 e. The SMILES string of the molecule is Cc1ccc(/C=C/C(=O)N2CCCCC2CO)cc1. The molecular formula is C16H21NO2. The van der Waals surface area contributed by atoms with Gasteiger partial charge in [-0.15, -0.1) is 0 Å². The van der Waals surface area contributed by atoms with Gasteiger partial charge in [-0.05, 0) is 37.8 Å². The number of carbonyl (C=O) groups excluding carboxylic acids is 1. The first-order valence-electron chi connectivity index (χ1n) is 6.87. The molecule has 0 aliphatic carbocycles. The molecule has 1 unspecified atom stereocenters. The Kier molecular flexibility index (Phi) is 4.74. The zero-order valence-electron chi connectivity index (χ0n) is 11.4. The highest BCUT2D eigenvalue weighted by Crippen LogP contribution is 2.17. The average Bonchev–Trinajstić information content (AvgIpc) is 2.46. The molecule has 0 radical (unpaired) electrons. The fourth-order valence-electron chi connectivity index (χ4n) is 2.42. The lowest BCUT2D eigenvalue weighted by Gasteiger charge is -2.33. The van der Waals surface area contributed by atoms with Crippen molar-refractivity contribution in [3.63, 3.8) is 0 Å². The Hall–Kier alpha value is -1.61. The van der Waals surface area contributed by atoms with Gasteiger partial charge in [-0.2, -0.15) is 0 Å². The van der Waals surface area contributed by atoms with E-state index in [0.29, 0.717) is 0 Å². The minimum Gasteiger partial charge on any atom is -0.394 e. The van der Waals surface area contributed by atoms with Gasteiger partial charge in [0.2, 0.25) is 5.91 Å². The third kappa shape index (κ3) is 3.67. The Morgan fingerprint density at radius 3 is 2.79 bits per heavy atom. The molecule has 1 aromatic rings. The molecule has 1 fully saturated rings. The maximum atomic E-state index is 12.1. The third-order valence-electron chi connectivity index (χ3n) is 3.62. The van der Waals surface area contributed by atoms with Crippen LogP contribution in [0, 0.1) is 6.92 Å². The monoisotopic (exact) mass is 259 g/mol. The molecule has 1 heterocycles. The van der Waals surface area contributed by atoms with E-state index < -0.39 is 0 Å². The molecule has 1 aromatic carbocycles. The summed E-state index contributed by atoms with van der Waals surface area (Å²) in [4.78, 5) is 13.9. The number of hydrogen-bond donors (Lipinski definition) is 1. The van der Waals surface area contributed by atoms with Gasteiger partial charge in [-0.3, -0.25) is 4.79 Å². The number of piperidine rings is 1. The highest BCUT2D eigenvalue weighted by Gasteiger charge is 2.24. The summed E-state index contributed by atoms with van der Waals surface area (Å²) in [5.74, 6) is -0.000625. The van der Waals surface area contributed by atoms with Crippen LogP contribution in [-0.4, -0.2) is 35.1 Å². The van der Waals surface area contributed by atoms with Crippen LogP contribution in [0.3, 0.4) is 0 Å². The zero-order valence-corrected chi connectivity index (χ0v) is 11.4. The molecule has 0 saturated carbocycles. The molecule has 2 rings (SSSR count). The van der Waals surface area contributed by atoms with E-state index in [2.05, 4.69) is 0 Å². The van der Waals surface area contributed by atoms with Gasteiger partial charge in [0.05, 0.1) is 12.6 Å². The van der Waals surface area contributed by atoms with Crippen molar-refractivity contribution in [2.75, 3.05) is 13.2 Å². The van der Waals surface area contributed by atoms with Crippen molar-refractivity contribution in [1.82, 2.24) is 4.90 Å². The van der Waals surface area contributed by atoms with Crippen LogP contribution in [0.15, 0.2) is 30.3 Å². The van der Waals surface area contributed by atoms with Gasteiger partial charge in [0, 0.05) is 12.6 Å². The molecule has 1 amide bonds. The molecule has 19 heavy (non-hydrogen) atoms. The van der Waals surface area contributed by atoms with Gasteiger partial charge in [-0.25, -0.2) is 0 Å². The van der Waals surface area contributed by atoms with E-state index in [1.165, 1.54) is 5.56 Å². The van der Waals surface area contributed by atoms with Crippen LogP contribution < -0.4 is 0 Å². The highest BCUT2D eigenvalue weighted by molar-refractivity contribution is 5.92. The average molecular weight is 259 g/mol. The quantitative estimate of drug-likeness (QED) is 0.847. The second-order valence-electron chi connectivity index (χ2n) is 5.11. The second kappa shape index (κ2) is 6.53. The van der Waals surface area contributed by atoms with Gasteiger partial charge in [0.1, 0.15) is 0 Å². The van der Waals surface area contributed by atoms with Gasteiger partial charge < -0.3 is 10.0 Å². The van der Waals surface area contributed by atoms with Crippen molar-refractivity contribution in [3.05, 3.63) is 41.5 Å². The summed E-state index contributed by atoms with van der Waals surface area (Å²) in [7, 11) is 0. The summed E-state index contributed by atoms with van der Waals surface area (Å²) < 4.78 is 0. The number of benzene rings is 1. The molecule has 1 aliphatic heterocycles. The maximum Gasteiger partial charge on any atom is 0.246 e. The lowest BCUT2D eigenvalue weighted by atomic mass is 10.0. The third-order valence-corrected chi connectivity index (χ3v) is 3.62. The minimum atomic E-state index is -0.0103. The molecule has 0 spiro atoms. The van der Waals surface area contributed by atoms with Gasteiger partial charge >= 0.3 is 0 Å². The number of carbonyl (C=O) groups is 1. The predicted octanol–water partition coefficient (Wildman–Crippen LogP) is 2.38. The standard InChI is InChI=1S/C16H21NO2/c1-13-5-7-14(8-6-13)9-10-16(19)17-11-3-2-4-15(17)12-18/h5-10,15,18H,2-4,11-12H2,1H3/b10-9+. The summed E-state index contributed by atoms with van der Waals surface area (Å²) in [5.41, 5.74) is 2.23. The highest BCUT2D eigenvalue weighted by atomic mass is 16.3. The normalized spacial score (nSPS) is 19.9. The Bertz CT molecular complexity index is 450. The van der Waals surface area contributed by atoms with Crippen LogP contribution in [0.2, 0.25) is 0 Å². The van der Waals surface area contributed by atoms with E-state index in [4.69, 9.17) is 0 Å². The second-order valence-corrected chi connectivity index (χ2v) is 5.11. The van der Waals surface area contributed by atoms with Gasteiger partial charge in [-0.1, -0.05) is 29.8 Å². The topological polar surface area (TPSA) is 40.5 Å². The van der Waals surface area contributed by atoms with Crippen molar-refractivity contribution in [2.45, 2.75) is 32.2 Å². The van der Waals surface area contributed by atoms with Gasteiger partial charge in [0.25, 0.3) is 0 Å². The summed E-state index contributed by atoms with van der Waals surface area (Å²) in [5, 5.41) is 9.31. The number of likely N-dealkylation sites (tertiary alicyclic amines) is 1. The summed E-state index contributed by atoms with van der Waals surface area (Å²) in [6.07, 6.45) is 6.47. The van der Waals surface area contributed by atoms with Crippen LogP contribution in [-0.2, 0) is 4.79 Å². The van der Waals surface area contributed by atoms with Crippen molar-refractivity contribution in [3.8, 4) is 0 Å².